The van der Waals surface area contributed by atoms with Crippen LogP contribution in [0.1, 0.15) is 399 Å². The molecule has 0 bridgehead atoms. The van der Waals surface area contributed by atoms with E-state index in [1.165, 1.54) is 327 Å². The number of unbranched alkanes of at least 4 members (excludes halogenated alkanes) is 53. The predicted octanol–water partition coefficient (Wildman–Crippen LogP) is 22.4. The minimum Gasteiger partial charge on any atom is -0.466 e. The van der Waals surface area contributed by atoms with E-state index in [4.69, 9.17) is 4.74 Å². The Morgan fingerprint density at radius 2 is 0.618 bits per heavy atom. The maximum Gasteiger partial charge on any atom is 0.305 e. The van der Waals surface area contributed by atoms with Gasteiger partial charge in [0.1, 0.15) is 0 Å². The molecule has 0 aliphatic rings. The van der Waals surface area contributed by atoms with Crippen molar-refractivity contribution in [2.75, 3.05) is 13.2 Å². The topological polar surface area (TPSA) is 95.9 Å². The van der Waals surface area contributed by atoms with Crippen LogP contribution in [0.4, 0.5) is 0 Å². The summed E-state index contributed by atoms with van der Waals surface area (Å²) in [5.41, 5.74) is 0. The van der Waals surface area contributed by atoms with Crippen molar-refractivity contribution in [1.82, 2.24) is 5.32 Å². The fourth-order valence-corrected chi connectivity index (χ4v) is 11.2. The summed E-state index contributed by atoms with van der Waals surface area (Å²) < 4.78 is 5.47. The molecule has 0 aromatic heterocycles. The van der Waals surface area contributed by atoms with E-state index in [0.717, 1.165) is 38.5 Å². The van der Waals surface area contributed by atoms with Gasteiger partial charge in [0, 0.05) is 12.8 Å². The highest BCUT2D eigenvalue weighted by Crippen LogP contribution is 2.19. The second-order valence-corrected chi connectivity index (χ2v) is 24.2. The van der Waals surface area contributed by atoms with Crippen LogP contribution in [0.5, 0.6) is 0 Å². The summed E-state index contributed by atoms with van der Waals surface area (Å²) in [4.78, 5) is 24.5. The monoisotopic (exact) mass is 1070 g/mol. The molecule has 1 amide bonds. The Balaban J connectivity index is 3.38. The Morgan fingerprint density at radius 1 is 0.355 bits per heavy atom. The first-order valence-corrected chi connectivity index (χ1v) is 34.9. The number of hydrogen-bond donors (Lipinski definition) is 3. The van der Waals surface area contributed by atoms with Crippen molar-refractivity contribution in [3.05, 3.63) is 12.2 Å². The second kappa shape index (κ2) is 66.1. The number of amides is 1. The number of aliphatic hydroxyl groups excluding tert-OH is 2. The predicted molar refractivity (Wildman–Crippen MR) is 333 cm³/mol. The molecule has 6 nitrogen and oxygen atoms in total. The fourth-order valence-electron chi connectivity index (χ4n) is 11.2. The third-order valence-corrected chi connectivity index (χ3v) is 16.6. The van der Waals surface area contributed by atoms with E-state index in [-0.39, 0.29) is 18.5 Å². The van der Waals surface area contributed by atoms with Crippen LogP contribution < -0.4 is 5.32 Å². The average Bonchev–Trinajstić information content (AvgIpc) is 3.42. The van der Waals surface area contributed by atoms with Gasteiger partial charge in [0.15, 0.2) is 0 Å². The lowest BCUT2D eigenvalue weighted by Gasteiger charge is -2.22. The summed E-state index contributed by atoms with van der Waals surface area (Å²) in [7, 11) is 0. The molecular weight excluding hydrogens is 935 g/mol. The van der Waals surface area contributed by atoms with E-state index in [1.807, 2.05) is 0 Å². The molecule has 0 aliphatic heterocycles. The highest BCUT2D eigenvalue weighted by molar-refractivity contribution is 5.76. The van der Waals surface area contributed by atoms with Crippen LogP contribution in [0.2, 0.25) is 0 Å². The Bertz CT molecular complexity index is 1140. The zero-order chi connectivity index (χ0) is 55.0. The number of aliphatic hydroxyl groups is 2. The van der Waals surface area contributed by atoms with Gasteiger partial charge in [0.2, 0.25) is 5.91 Å². The van der Waals surface area contributed by atoms with Crippen LogP contribution in [-0.2, 0) is 14.3 Å². The first kappa shape index (κ1) is 74.6. The van der Waals surface area contributed by atoms with Gasteiger partial charge in [0.05, 0.1) is 25.4 Å². The molecule has 452 valence electrons. The number of carbonyl (C=O) groups is 2. The number of nitrogens with one attached hydrogen (secondary N) is 1. The SMILES string of the molecule is CCCCCCCCCCCCCCCCCCCCCCCC(O)C(CO)NC(=O)CCCCCCCCCCCCC/C=C\CCCCCCCCCCCCCCOC(=O)CCCCCCCCCCCCC. The Morgan fingerprint density at radius 3 is 0.934 bits per heavy atom. The summed E-state index contributed by atoms with van der Waals surface area (Å²) in [5.74, 6) is -0.0152. The summed E-state index contributed by atoms with van der Waals surface area (Å²) in [6, 6.07) is -0.542. The summed E-state index contributed by atoms with van der Waals surface area (Å²) in [6.07, 6.45) is 81.1. The zero-order valence-corrected chi connectivity index (χ0v) is 51.8. The largest absolute Gasteiger partial charge is 0.466 e. The molecule has 76 heavy (non-hydrogen) atoms. The van der Waals surface area contributed by atoms with Crippen molar-refractivity contribution in [3.8, 4) is 0 Å². The molecule has 0 spiro atoms. The van der Waals surface area contributed by atoms with Gasteiger partial charge in [-0.3, -0.25) is 9.59 Å². The van der Waals surface area contributed by atoms with Crippen LogP contribution in [0.15, 0.2) is 12.2 Å². The lowest BCUT2D eigenvalue weighted by atomic mass is 10.0. The van der Waals surface area contributed by atoms with Crippen LogP contribution in [0.25, 0.3) is 0 Å². The van der Waals surface area contributed by atoms with E-state index >= 15 is 0 Å². The molecule has 0 aromatic carbocycles. The Labute approximate surface area is 476 Å². The van der Waals surface area contributed by atoms with Crippen molar-refractivity contribution in [2.45, 2.75) is 411 Å². The van der Waals surface area contributed by atoms with Crippen molar-refractivity contribution in [2.24, 2.45) is 0 Å². The summed E-state index contributed by atoms with van der Waals surface area (Å²) in [6.45, 7) is 4.99. The van der Waals surface area contributed by atoms with Crippen LogP contribution in [-0.4, -0.2) is 47.4 Å². The first-order valence-electron chi connectivity index (χ1n) is 34.9. The molecule has 0 fully saturated rings. The number of carbonyl (C=O) groups excluding carboxylic acids is 2. The van der Waals surface area contributed by atoms with E-state index < -0.39 is 12.1 Å². The van der Waals surface area contributed by atoms with Gasteiger partial charge in [0.25, 0.3) is 0 Å². The molecular formula is C70H137NO5. The smallest absolute Gasteiger partial charge is 0.305 e. The lowest BCUT2D eigenvalue weighted by molar-refractivity contribution is -0.143. The van der Waals surface area contributed by atoms with Crippen LogP contribution in [0, 0.1) is 0 Å². The Kier molecular flexibility index (Phi) is 64.9. The Hall–Kier alpha value is -1.40. The zero-order valence-electron chi connectivity index (χ0n) is 51.8. The van der Waals surface area contributed by atoms with Gasteiger partial charge in [-0.2, -0.15) is 0 Å². The number of esters is 1. The van der Waals surface area contributed by atoms with Gasteiger partial charge in [-0.25, -0.2) is 0 Å². The number of hydrogen-bond acceptors (Lipinski definition) is 5. The molecule has 0 radical (unpaired) electrons. The van der Waals surface area contributed by atoms with E-state index in [9.17, 15) is 19.8 Å². The maximum atomic E-state index is 12.5. The highest BCUT2D eigenvalue weighted by atomic mass is 16.5. The summed E-state index contributed by atoms with van der Waals surface area (Å²) in [5, 5.41) is 23.4. The third kappa shape index (κ3) is 61.8. The minimum absolute atomic E-state index is 0.0158. The van der Waals surface area contributed by atoms with Crippen LogP contribution in [0.3, 0.4) is 0 Å². The van der Waals surface area contributed by atoms with E-state index in [0.29, 0.717) is 25.9 Å². The van der Waals surface area contributed by atoms with Crippen molar-refractivity contribution >= 4 is 11.9 Å². The number of allylic oxidation sites excluding steroid dienone is 2. The molecule has 0 aliphatic carbocycles. The molecule has 0 saturated heterocycles. The fraction of sp³-hybridized carbons (Fsp3) is 0.943. The second-order valence-electron chi connectivity index (χ2n) is 24.2. The molecule has 0 saturated carbocycles. The van der Waals surface area contributed by atoms with Crippen molar-refractivity contribution < 1.29 is 24.5 Å². The van der Waals surface area contributed by atoms with Gasteiger partial charge < -0.3 is 20.3 Å². The van der Waals surface area contributed by atoms with Gasteiger partial charge in [-0.1, -0.05) is 347 Å². The molecule has 0 heterocycles. The third-order valence-electron chi connectivity index (χ3n) is 16.6. The number of rotatable bonds is 66. The van der Waals surface area contributed by atoms with Gasteiger partial charge in [-0.15, -0.1) is 0 Å². The molecule has 3 N–H and O–H groups in total. The van der Waals surface area contributed by atoms with Crippen LogP contribution >= 0.6 is 0 Å². The molecule has 0 aromatic rings. The average molecular weight is 1070 g/mol. The highest BCUT2D eigenvalue weighted by Gasteiger charge is 2.20. The molecule has 6 heteroatoms. The minimum atomic E-state index is -0.665. The molecule has 2 atom stereocenters. The van der Waals surface area contributed by atoms with E-state index in [2.05, 4.69) is 31.3 Å². The quantitative estimate of drug-likeness (QED) is 0.0320. The van der Waals surface area contributed by atoms with Gasteiger partial charge in [-0.05, 0) is 51.4 Å². The number of ether oxygens (including phenoxy) is 1. The standard InChI is InChI=1S/C70H137NO5/c1-3-5-7-9-11-13-15-16-17-18-19-27-30-33-36-39-43-46-50-54-58-62-68(73)67(66-72)71-69(74)63-59-55-51-47-44-40-37-34-31-28-25-23-21-20-22-24-26-29-32-35-38-41-45-49-53-57-61-65-76-70(75)64-60-56-52-48-42-14-12-10-8-6-4-2/h20-21,67-68,72-73H,3-19,22-66H2,1-2H3,(H,71,74)/b21-20-. The molecule has 2 unspecified atom stereocenters. The first-order chi connectivity index (χ1) is 37.5. The van der Waals surface area contributed by atoms with E-state index in [1.54, 1.807) is 0 Å². The molecule has 0 rings (SSSR count). The maximum absolute atomic E-state index is 12.5. The van der Waals surface area contributed by atoms with Gasteiger partial charge >= 0.3 is 5.97 Å². The normalized spacial score (nSPS) is 12.5. The van der Waals surface area contributed by atoms with Crippen molar-refractivity contribution in [3.63, 3.8) is 0 Å². The van der Waals surface area contributed by atoms with Crippen molar-refractivity contribution in [1.29, 1.82) is 0 Å². The summed E-state index contributed by atoms with van der Waals surface area (Å²) >= 11 is 0. The lowest BCUT2D eigenvalue weighted by Crippen LogP contribution is -2.45.